The van der Waals surface area contributed by atoms with Crippen LogP contribution in [0, 0.1) is 17.1 Å². The van der Waals surface area contributed by atoms with Crippen LogP contribution in [-0.2, 0) is 0 Å². The Bertz CT molecular complexity index is 398. The predicted molar refractivity (Wildman–Crippen MR) is 60.7 cm³/mol. The third-order valence-electron chi connectivity index (χ3n) is 2.37. The molecule has 1 N–H and O–H groups in total. The number of hydrogen-bond donors (Lipinski definition) is 1. The van der Waals surface area contributed by atoms with Crippen molar-refractivity contribution in [2.45, 2.75) is 19.4 Å². The van der Waals surface area contributed by atoms with Crippen LogP contribution in [0.5, 0.6) is 0 Å². The highest BCUT2D eigenvalue weighted by molar-refractivity contribution is 5.50. The number of halogens is 1. The minimum atomic E-state index is -0.410. The van der Waals surface area contributed by atoms with Crippen LogP contribution in [0.2, 0.25) is 0 Å². The zero-order chi connectivity index (χ0) is 12.1. The molecule has 0 aliphatic rings. The van der Waals surface area contributed by atoms with Gasteiger partial charge in [0.25, 0.3) is 0 Å². The molecule has 0 saturated heterocycles. The maximum atomic E-state index is 13.6. The van der Waals surface area contributed by atoms with Crippen molar-refractivity contribution in [1.82, 2.24) is 0 Å². The summed E-state index contributed by atoms with van der Waals surface area (Å²) < 4.78 is 13.6. The molecule has 0 aliphatic carbocycles. The molecule has 86 valence electrons. The molecule has 0 bridgehead atoms. The summed E-state index contributed by atoms with van der Waals surface area (Å²) in [5, 5.41) is 17.7. The largest absolute Gasteiger partial charge is 0.393 e. The number of aliphatic hydroxyl groups is 1. The van der Waals surface area contributed by atoms with Gasteiger partial charge in [-0.1, -0.05) is 0 Å². The Morgan fingerprint density at radius 3 is 2.75 bits per heavy atom. The fourth-order valence-electron chi connectivity index (χ4n) is 1.39. The fourth-order valence-corrected chi connectivity index (χ4v) is 1.39. The lowest BCUT2D eigenvalue weighted by Crippen LogP contribution is -2.22. The van der Waals surface area contributed by atoms with Gasteiger partial charge in [-0.2, -0.15) is 5.26 Å². The van der Waals surface area contributed by atoms with Crippen molar-refractivity contribution in [2.75, 3.05) is 18.5 Å². The van der Waals surface area contributed by atoms with Crippen LogP contribution in [0.4, 0.5) is 10.1 Å². The standard InChI is InChI=1S/C12H15FN2O/c1-9(16)5-6-15(2)12-4-3-10(8-14)7-11(12)13/h3-4,7,9,16H,5-6H2,1-2H3/t9-/m0/s1. The minimum Gasteiger partial charge on any atom is -0.393 e. The first-order chi connectivity index (χ1) is 7.54. The van der Waals surface area contributed by atoms with E-state index in [1.165, 1.54) is 6.07 Å². The van der Waals surface area contributed by atoms with Crippen molar-refractivity contribution in [2.24, 2.45) is 0 Å². The lowest BCUT2D eigenvalue weighted by Gasteiger charge is -2.20. The second kappa shape index (κ2) is 5.47. The van der Waals surface area contributed by atoms with Gasteiger partial charge in [0.05, 0.1) is 23.4 Å². The van der Waals surface area contributed by atoms with E-state index >= 15 is 0 Å². The highest BCUT2D eigenvalue weighted by Gasteiger charge is 2.09. The SMILES string of the molecule is C[C@H](O)CCN(C)c1ccc(C#N)cc1F. The number of nitrogens with zero attached hydrogens (tertiary/aromatic N) is 2. The van der Waals surface area contributed by atoms with Gasteiger partial charge < -0.3 is 10.0 Å². The monoisotopic (exact) mass is 222 g/mol. The number of benzene rings is 1. The molecule has 0 radical (unpaired) electrons. The Morgan fingerprint density at radius 2 is 2.25 bits per heavy atom. The Labute approximate surface area is 94.7 Å². The van der Waals surface area contributed by atoms with E-state index in [0.717, 1.165) is 0 Å². The molecule has 0 fully saturated rings. The average Bonchev–Trinajstić information content (AvgIpc) is 2.25. The van der Waals surface area contributed by atoms with Crippen molar-refractivity contribution in [3.05, 3.63) is 29.6 Å². The highest BCUT2D eigenvalue weighted by atomic mass is 19.1. The maximum absolute atomic E-state index is 13.6. The molecule has 1 aromatic carbocycles. The number of nitriles is 1. The maximum Gasteiger partial charge on any atom is 0.147 e. The van der Waals surface area contributed by atoms with E-state index in [2.05, 4.69) is 0 Å². The summed E-state index contributed by atoms with van der Waals surface area (Å²) in [5.41, 5.74) is 0.754. The van der Waals surface area contributed by atoms with Gasteiger partial charge in [-0.25, -0.2) is 4.39 Å². The molecular weight excluding hydrogens is 207 g/mol. The first-order valence-electron chi connectivity index (χ1n) is 5.13. The molecule has 1 rings (SSSR count). The molecular formula is C12H15FN2O. The lowest BCUT2D eigenvalue weighted by molar-refractivity contribution is 0.187. The van der Waals surface area contributed by atoms with Crippen LogP contribution in [0.15, 0.2) is 18.2 Å². The van der Waals surface area contributed by atoms with Crippen LogP contribution in [0.1, 0.15) is 18.9 Å². The van der Waals surface area contributed by atoms with E-state index in [-0.39, 0.29) is 0 Å². The van der Waals surface area contributed by atoms with Crippen molar-refractivity contribution in [1.29, 1.82) is 5.26 Å². The highest BCUT2D eigenvalue weighted by Crippen LogP contribution is 2.19. The summed E-state index contributed by atoms with van der Waals surface area (Å²) in [6.45, 7) is 2.27. The van der Waals surface area contributed by atoms with Gasteiger partial charge in [0.1, 0.15) is 5.82 Å². The summed E-state index contributed by atoms with van der Waals surface area (Å²) in [5.74, 6) is -0.410. The normalized spacial score (nSPS) is 11.9. The zero-order valence-corrected chi connectivity index (χ0v) is 9.44. The van der Waals surface area contributed by atoms with Gasteiger partial charge >= 0.3 is 0 Å². The molecule has 4 heteroatoms. The number of rotatable bonds is 4. The molecule has 0 aliphatic heterocycles. The van der Waals surface area contributed by atoms with Crippen LogP contribution in [-0.4, -0.2) is 24.8 Å². The summed E-state index contributed by atoms with van der Waals surface area (Å²) in [6, 6.07) is 6.26. The molecule has 1 atom stereocenters. The van der Waals surface area contributed by atoms with E-state index in [1.54, 1.807) is 31.0 Å². The van der Waals surface area contributed by atoms with Crippen LogP contribution in [0.25, 0.3) is 0 Å². The lowest BCUT2D eigenvalue weighted by atomic mass is 10.2. The van der Waals surface area contributed by atoms with Gasteiger partial charge in [-0.05, 0) is 31.5 Å². The number of anilines is 1. The van der Waals surface area contributed by atoms with Gasteiger partial charge in [0.2, 0.25) is 0 Å². The summed E-state index contributed by atoms with van der Waals surface area (Å²) in [4.78, 5) is 1.73. The van der Waals surface area contributed by atoms with Crippen molar-refractivity contribution >= 4 is 5.69 Å². The third-order valence-corrected chi connectivity index (χ3v) is 2.37. The van der Waals surface area contributed by atoms with E-state index in [4.69, 9.17) is 10.4 Å². The van der Waals surface area contributed by atoms with Gasteiger partial charge in [-0.15, -0.1) is 0 Å². The molecule has 0 amide bonds. The molecule has 0 spiro atoms. The van der Waals surface area contributed by atoms with E-state index < -0.39 is 11.9 Å². The molecule has 3 nitrogen and oxygen atoms in total. The van der Waals surface area contributed by atoms with Crippen LogP contribution in [0.3, 0.4) is 0 Å². The molecule has 16 heavy (non-hydrogen) atoms. The Morgan fingerprint density at radius 1 is 1.56 bits per heavy atom. The first kappa shape index (κ1) is 12.5. The van der Waals surface area contributed by atoms with Crippen LogP contribution >= 0.6 is 0 Å². The zero-order valence-electron chi connectivity index (χ0n) is 9.44. The van der Waals surface area contributed by atoms with Crippen molar-refractivity contribution < 1.29 is 9.50 Å². The fraction of sp³-hybridized carbons (Fsp3) is 0.417. The summed E-state index contributed by atoms with van der Waals surface area (Å²) in [6.07, 6.45) is 0.180. The van der Waals surface area contributed by atoms with Crippen molar-refractivity contribution in [3.8, 4) is 6.07 Å². The van der Waals surface area contributed by atoms with E-state index in [1.807, 2.05) is 6.07 Å². The second-order valence-corrected chi connectivity index (χ2v) is 3.84. The summed E-state index contributed by atoms with van der Waals surface area (Å²) >= 11 is 0. The van der Waals surface area contributed by atoms with Gasteiger partial charge in [-0.3, -0.25) is 0 Å². The summed E-state index contributed by atoms with van der Waals surface area (Å²) in [7, 11) is 1.76. The molecule has 1 aromatic rings. The molecule has 0 saturated carbocycles. The topological polar surface area (TPSA) is 47.3 Å². The number of aliphatic hydroxyl groups excluding tert-OH is 1. The van der Waals surface area contributed by atoms with E-state index in [0.29, 0.717) is 24.2 Å². The molecule has 0 aromatic heterocycles. The van der Waals surface area contributed by atoms with Crippen molar-refractivity contribution in [3.63, 3.8) is 0 Å². The minimum absolute atomic E-state index is 0.310. The Hall–Kier alpha value is -1.60. The van der Waals surface area contributed by atoms with Crippen LogP contribution < -0.4 is 4.90 Å². The van der Waals surface area contributed by atoms with E-state index in [9.17, 15) is 4.39 Å². The van der Waals surface area contributed by atoms with Gasteiger partial charge in [0.15, 0.2) is 0 Å². The predicted octanol–water partition coefficient (Wildman–Crippen LogP) is 1.90. The number of hydrogen-bond acceptors (Lipinski definition) is 3. The smallest absolute Gasteiger partial charge is 0.147 e. The van der Waals surface area contributed by atoms with Gasteiger partial charge in [0, 0.05) is 13.6 Å². The molecule has 0 heterocycles. The Balaban J connectivity index is 2.76. The molecule has 0 unspecified atom stereocenters. The first-order valence-corrected chi connectivity index (χ1v) is 5.13. The quantitative estimate of drug-likeness (QED) is 0.846. The third kappa shape index (κ3) is 3.21. The average molecular weight is 222 g/mol. The second-order valence-electron chi connectivity index (χ2n) is 3.84. The Kier molecular flexibility index (Phi) is 4.27.